The van der Waals surface area contributed by atoms with Gasteiger partial charge in [0, 0.05) is 0 Å². The molecule has 0 aromatic heterocycles. The van der Waals surface area contributed by atoms with Crippen LogP contribution in [0, 0.1) is 11.3 Å². The van der Waals surface area contributed by atoms with Gasteiger partial charge in [0.1, 0.15) is 6.42 Å². The molecule has 1 amide bonds. The van der Waals surface area contributed by atoms with E-state index in [1.165, 1.54) is 5.56 Å². The molecule has 0 atom stereocenters. The van der Waals surface area contributed by atoms with Crippen molar-refractivity contribution in [3.63, 3.8) is 0 Å². The summed E-state index contributed by atoms with van der Waals surface area (Å²) >= 11 is 0. The maximum absolute atomic E-state index is 10.9. The van der Waals surface area contributed by atoms with Gasteiger partial charge in [-0.15, -0.1) is 0 Å². The Balaban J connectivity index is 2.55. The molecule has 1 aromatic carbocycles. The fraction of sp³-hybridized carbons (Fsp3) is 0.308. The van der Waals surface area contributed by atoms with Crippen LogP contribution in [0.15, 0.2) is 29.4 Å². The van der Waals surface area contributed by atoms with Crippen LogP contribution in [-0.2, 0) is 4.79 Å². The van der Waals surface area contributed by atoms with E-state index in [0.717, 1.165) is 5.56 Å². The van der Waals surface area contributed by atoms with Crippen LogP contribution in [0.1, 0.15) is 37.3 Å². The Bertz CT molecular complexity index is 441. The summed E-state index contributed by atoms with van der Waals surface area (Å²) in [6, 6.07) is 9.69. The van der Waals surface area contributed by atoms with Crippen molar-refractivity contribution in [3.05, 3.63) is 35.4 Å². The van der Waals surface area contributed by atoms with Crippen molar-refractivity contribution in [2.24, 2.45) is 5.10 Å². The van der Waals surface area contributed by atoms with Gasteiger partial charge in [-0.2, -0.15) is 10.4 Å². The van der Waals surface area contributed by atoms with Crippen LogP contribution < -0.4 is 5.43 Å². The Kier molecular flexibility index (Phi) is 4.89. The second-order valence-corrected chi connectivity index (χ2v) is 3.95. The Morgan fingerprint density at radius 2 is 2.12 bits per heavy atom. The van der Waals surface area contributed by atoms with Crippen LogP contribution >= 0.6 is 0 Å². The van der Waals surface area contributed by atoms with E-state index in [-0.39, 0.29) is 6.42 Å². The van der Waals surface area contributed by atoms with Gasteiger partial charge in [-0.1, -0.05) is 38.1 Å². The van der Waals surface area contributed by atoms with E-state index in [2.05, 4.69) is 24.4 Å². The van der Waals surface area contributed by atoms with Gasteiger partial charge < -0.3 is 0 Å². The van der Waals surface area contributed by atoms with Crippen LogP contribution in [0.2, 0.25) is 0 Å². The predicted molar refractivity (Wildman–Crippen MR) is 66.5 cm³/mol. The molecule has 17 heavy (non-hydrogen) atoms. The number of amides is 1. The van der Waals surface area contributed by atoms with Crippen LogP contribution in [0.4, 0.5) is 0 Å². The molecule has 1 aromatic rings. The molecule has 0 unspecified atom stereocenters. The smallest absolute Gasteiger partial charge is 0.254 e. The highest BCUT2D eigenvalue weighted by molar-refractivity contribution is 5.83. The molecule has 0 aliphatic rings. The first-order chi connectivity index (χ1) is 8.13. The minimum absolute atomic E-state index is 0.177. The number of carbonyl (C=O) groups is 1. The van der Waals surface area contributed by atoms with Crippen LogP contribution in [-0.4, -0.2) is 12.1 Å². The van der Waals surface area contributed by atoms with E-state index in [0.29, 0.717) is 5.92 Å². The summed E-state index contributed by atoms with van der Waals surface area (Å²) in [6.45, 7) is 4.26. The summed E-state index contributed by atoms with van der Waals surface area (Å²) < 4.78 is 0. The molecule has 0 saturated carbocycles. The normalized spacial score (nSPS) is 10.5. The highest BCUT2D eigenvalue weighted by atomic mass is 16.2. The summed E-state index contributed by atoms with van der Waals surface area (Å²) in [4.78, 5) is 10.9. The molecule has 88 valence electrons. The zero-order valence-electron chi connectivity index (χ0n) is 9.97. The molecule has 0 bridgehead atoms. The number of hydrogen-bond donors (Lipinski definition) is 1. The third kappa shape index (κ3) is 4.47. The fourth-order valence-electron chi connectivity index (χ4n) is 1.26. The average Bonchev–Trinajstić information content (AvgIpc) is 2.30. The van der Waals surface area contributed by atoms with E-state index < -0.39 is 5.91 Å². The van der Waals surface area contributed by atoms with Gasteiger partial charge in [0.25, 0.3) is 5.91 Å². The maximum Gasteiger partial charge on any atom is 0.254 e. The summed E-state index contributed by atoms with van der Waals surface area (Å²) in [5.41, 5.74) is 4.45. The maximum atomic E-state index is 10.9. The molecule has 0 spiro atoms. The Morgan fingerprint density at radius 3 is 2.65 bits per heavy atom. The first-order valence-corrected chi connectivity index (χ1v) is 5.42. The minimum atomic E-state index is -0.400. The zero-order valence-corrected chi connectivity index (χ0v) is 9.97. The van der Waals surface area contributed by atoms with Crippen molar-refractivity contribution in [1.29, 1.82) is 5.26 Å². The van der Waals surface area contributed by atoms with Gasteiger partial charge in [0.2, 0.25) is 0 Å². The van der Waals surface area contributed by atoms with Gasteiger partial charge in [-0.3, -0.25) is 4.79 Å². The topological polar surface area (TPSA) is 65.2 Å². The van der Waals surface area contributed by atoms with E-state index in [1.54, 1.807) is 12.3 Å². The predicted octanol–water partition coefficient (Wildman–Crippen LogP) is 2.17. The van der Waals surface area contributed by atoms with Gasteiger partial charge in [0.15, 0.2) is 0 Å². The highest BCUT2D eigenvalue weighted by Crippen LogP contribution is 2.13. The van der Waals surface area contributed by atoms with Crippen molar-refractivity contribution >= 4 is 12.1 Å². The molecular weight excluding hydrogens is 214 g/mol. The lowest BCUT2D eigenvalue weighted by molar-refractivity contribution is -0.120. The van der Waals surface area contributed by atoms with E-state index in [1.807, 2.05) is 24.3 Å². The lowest BCUT2D eigenvalue weighted by Gasteiger charge is -2.04. The molecule has 0 saturated heterocycles. The lowest BCUT2D eigenvalue weighted by Crippen LogP contribution is -2.16. The first-order valence-electron chi connectivity index (χ1n) is 5.42. The molecule has 1 N–H and O–H groups in total. The summed E-state index contributed by atoms with van der Waals surface area (Å²) in [6.07, 6.45) is 1.38. The Hall–Kier alpha value is -2.15. The Labute approximate surface area is 101 Å². The molecule has 0 aliphatic heterocycles. The largest absolute Gasteiger partial charge is 0.272 e. The molecule has 4 nitrogen and oxygen atoms in total. The van der Waals surface area contributed by atoms with E-state index in [4.69, 9.17) is 5.26 Å². The molecule has 4 heteroatoms. The molecule has 0 aliphatic carbocycles. The zero-order chi connectivity index (χ0) is 12.7. The van der Waals surface area contributed by atoms with Crippen molar-refractivity contribution in [3.8, 4) is 6.07 Å². The Morgan fingerprint density at radius 1 is 1.47 bits per heavy atom. The number of carbonyl (C=O) groups excluding carboxylic acids is 1. The quantitative estimate of drug-likeness (QED) is 0.635. The van der Waals surface area contributed by atoms with Crippen LogP contribution in [0.5, 0.6) is 0 Å². The lowest BCUT2D eigenvalue weighted by atomic mass is 10.0. The molecule has 0 radical (unpaired) electrons. The number of nitrogens with one attached hydrogen (secondary N) is 1. The molecular formula is C13H15N3O. The summed E-state index contributed by atoms with van der Waals surface area (Å²) in [5, 5.41) is 12.0. The van der Waals surface area contributed by atoms with E-state index in [9.17, 15) is 4.79 Å². The van der Waals surface area contributed by atoms with E-state index >= 15 is 0 Å². The highest BCUT2D eigenvalue weighted by Gasteiger charge is 1.98. The SMILES string of the molecule is CC(C)c1ccc(/C=N/NC(=O)CC#N)cc1. The van der Waals surface area contributed by atoms with Gasteiger partial charge >= 0.3 is 0 Å². The van der Waals surface area contributed by atoms with Crippen molar-refractivity contribution in [2.45, 2.75) is 26.2 Å². The third-order valence-electron chi connectivity index (χ3n) is 2.25. The number of hydrogen-bond acceptors (Lipinski definition) is 3. The van der Waals surface area contributed by atoms with Gasteiger partial charge in [-0.25, -0.2) is 5.43 Å². The summed E-state index contributed by atoms with van der Waals surface area (Å²) in [7, 11) is 0. The second-order valence-electron chi connectivity index (χ2n) is 3.95. The number of hydrazone groups is 1. The molecule has 0 fully saturated rings. The van der Waals surface area contributed by atoms with Crippen molar-refractivity contribution < 1.29 is 4.79 Å². The van der Waals surface area contributed by atoms with Gasteiger partial charge in [-0.05, 0) is 17.0 Å². The van der Waals surface area contributed by atoms with Crippen LogP contribution in [0.3, 0.4) is 0 Å². The van der Waals surface area contributed by atoms with Crippen LogP contribution in [0.25, 0.3) is 0 Å². The second kappa shape index (κ2) is 6.44. The third-order valence-corrected chi connectivity index (χ3v) is 2.25. The minimum Gasteiger partial charge on any atom is -0.272 e. The standard InChI is InChI=1S/C13H15N3O/c1-10(2)12-5-3-11(4-6-12)9-15-16-13(17)7-8-14/h3-6,9-10H,7H2,1-2H3,(H,16,17)/b15-9+. The van der Waals surface area contributed by atoms with Gasteiger partial charge in [0.05, 0.1) is 12.3 Å². The number of nitrogens with zero attached hydrogens (tertiary/aromatic N) is 2. The first kappa shape index (κ1) is 12.9. The molecule has 0 heterocycles. The number of nitriles is 1. The molecule has 1 rings (SSSR count). The van der Waals surface area contributed by atoms with Crippen molar-refractivity contribution in [2.75, 3.05) is 0 Å². The summed E-state index contributed by atoms with van der Waals surface area (Å²) in [5.74, 6) is 0.0962. The monoisotopic (exact) mass is 229 g/mol. The number of rotatable bonds is 4. The average molecular weight is 229 g/mol. The van der Waals surface area contributed by atoms with Crippen molar-refractivity contribution in [1.82, 2.24) is 5.43 Å². The fourth-order valence-corrected chi connectivity index (χ4v) is 1.26. The number of benzene rings is 1.